The number of rotatable bonds is 10. The van der Waals surface area contributed by atoms with E-state index in [1.54, 1.807) is 65.2 Å². The van der Waals surface area contributed by atoms with E-state index in [9.17, 15) is 13.2 Å². The maximum atomic E-state index is 12.8. The summed E-state index contributed by atoms with van der Waals surface area (Å²) in [4.78, 5) is 13.0. The highest BCUT2D eigenvalue weighted by Crippen LogP contribution is 2.28. The number of halogens is 1. The number of hydrogen-bond donors (Lipinski definition) is 1. The van der Waals surface area contributed by atoms with Crippen LogP contribution in [0.2, 0.25) is 5.02 Å². The molecule has 0 aliphatic carbocycles. The van der Waals surface area contributed by atoms with E-state index in [4.69, 9.17) is 11.6 Å². The van der Waals surface area contributed by atoms with Gasteiger partial charge in [0.15, 0.2) is 15.0 Å². The Bertz CT molecular complexity index is 1200. The first-order chi connectivity index (χ1) is 15.4. The zero-order valence-corrected chi connectivity index (χ0v) is 19.8. The summed E-state index contributed by atoms with van der Waals surface area (Å²) >= 11 is 7.37. The van der Waals surface area contributed by atoms with Gasteiger partial charge in [-0.05, 0) is 30.7 Å². The molecule has 1 unspecified atom stereocenters. The third-order valence-electron chi connectivity index (χ3n) is 4.57. The van der Waals surface area contributed by atoms with Crippen LogP contribution in [-0.4, -0.2) is 34.3 Å². The smallest absolute Gasteiger partial charge is 0.238 e. The molecule has 1 aromatic heterocycles. The van der Waals surface area contributed by atoms with E-state index >= 15 is 0 Å². The number of amides is 1. The van der Waals surface area contributed by atoms with E-state index in [0.29, 0.717) is 28.8 Å². The van der Waals surface area contributed by atoms with Crippen molar-refractivity contribution in [1.29, 1.82) is 0 Å². The average molecular weight is 491 g/mol. The van der Waals surface area contributed by atoms with Gasteiger partial charge in [0.2, 0.25) is 5.91 Å². The molecule has 3 aromatic rings. The summed E-state index contributed by atoms with van der Waals surface area (Å²) in [7, 11) is -3.60. The first-order valence-corrected chi connectivity index (χ1v) is 12.8. The Morgan fingerprint density at radius 1 is 1.19 bits per heavy atom. The molecule has 0 aliphatic heterocycles. The largest absolute Gasteiger partial charge is 0.324 e. The molecule has 1 N–H and O–H groups in total. The molecule has 1 amide bonds. The number of thioether (sulfide) groups is 1. The minimum absolute atomic E-state index is 0.216. The third kappa shape index (κ3) is 5.79. The van der Waals surface area contributed by atoms with Crippen LogP contribution in [0.1, 0.15) is 19.2 Å². The fourth-order valence-corrected chi connectivity index (χ4v) is 5.39. The molecule has 0 radical (unpaired) electrons. The van der Waals surface area contributed by atoms with Gasteiger partial charge in [-0.25, -0.2) is 8.42 Å². The van der Waals surface area contributed by atoms with Crippen LogP contribution in [0.25, 0.3) is 0 Å². The van der Waals surface area contributed by atoms with E-state index in [-0.39, 0.29) is 22.4 Å². The Balaban J connectivity index is 1.81. The monoisotopic (exact) mass is 490 g/mol. The number of para-hydroxylation sites is 1. The number of carbonyl (C=O) groups is 1. The zero-order valence-electron chi connectivity index (χ0n) is 17.4. The number of allylic oxidation sites excluding steroid dienone is 1. The van der Waals surface area contributed by atoms with Crippen molar-refractivity contribution in [1.82, 2.24) is 14.8 Å². The van der Waals surface area contributed by atoms with Gasteiger partial charge in [0.05, 0.1) is 20.9 Å². The minimum atomic E-state index is -3.60. The lowest BCUT2D eigenvalue weighted by molar-refractivity contribution is -0.115. The van der Waals surface area contributed by atoms with Crippen LogP contribution in [0.4, 0.5) is 5.69 Å². The van der Waals surface area contributed by atoms with Gasteiger partial charge in [-0.15, -0.1) is 16.8 Å². The number of nitrogens with zero attached hydrogens (tertiary/aromatic N) is 3. The standard InChI is InChI=1S/C22H23ClN4O3S2/c1-3-14-27-20(15-32(29,30)16-10-6-5-7-11-16)25-26-22(27)31-19(4-2)21(28)24-18-13-9-8-12-17(18)23/h3,5-13,19H,1,4,14-15H2,2H3,(H,24,28). The molecule has 1 atom stereocenters. The van der Waals surface area contributed by atoms with Crippen LogP contribution in [0.15, 0.2) is 77.3 Å². The fourth-order valence-electron chi connectivity index (χ4n) is 2.93. The molecule has 3 rings (SSSR count). The van der Waals surface area contributed by atoms with Gasteiger partial charge in [0.25, 0.3) is 0 Å². The molecular formula is C22H23ClN4O3S2. The number of anilines is 1. The van der Waals surface area contributed by atoms with Gasteiger partial charge in [-0.1, -0.05) is 66.7 Å². The highest BCUT2D eigenvalue weighted by molar-refractivity contribution is 8.00. The van der Waals surface area contributed by atoms with Crippen molar-refractivity contribution in [3.05, 3.63) is 78.1 Å². The summed E-state index contributed by atoms with van der Waals surface area (Å²) in [5.41, 5.74) is 0.528. The second-order valence-corrected chi connectivity index (χ2v) is 10.4. The normalized spacial score (nSPS) is 12.3. The van der Waals surface area contributed by atoms with Gasteiger partial charge < -0.3 is 9.88 Å². The van der Waals surface area contributed by atoms with Crippen molar-refractivity contribution in [2.75, 3.05) is 5.32 Å². The molecule has 0 saturated heterocycles. The number of aromatic nitrogens is 3. The van der Waals surface area contributed by atoms with Crippen molar-refractivity contribution in [2.45, 2.75) is 40.9 Å². The average Bonchev–Trinajstić information content (AvgIpc) is 3.14. The molecule has 0 fully saturated rings. The predicted octanol–water partition coefficient (Wildman–Crippen LogP) is 4.60. The summed E-state index contributed by atoms with van der Waals surface area (Å²) in [5.74, 6) is -0.240. The molecule has 32 heavy (non-hydrogen) atoms. The van der Waals surface area contributed by atoms with Crippen LogP contribution in [0.3, 0.4) is 0 Å². The van der Waals surface area contributed by atoms with Crippen molar-refractivity contribution in [2.24, 2.45) is 0 Å². The number of benzene rings is 2. The number of nitrogens with one attached hydrogen (secondary N) is 1. The predicted molar refractivity (Wildman–Crippen MR) is 128 cm³/mol. The fraction of sp³-hybridized carbons (Fsp3) is 0.227. The molecule has 0 spiro atoms. The maximum Gasteiger partial charge on any atom is 0.238 e. The number of carbonyl (C=O) groups excluding carboxylic acids is 1. The van der Waals surface area contributed by atoms with Gasteiger partial charge >= 0.3 is 0 Å². The summed E-state index contributed by atoms with van der Waals surface area (Å²) in [6.45, 7) is 5.95. The summed E-state index contributed by atoms with van der Waals surface area (Å²) < 4.78 is 27.3. The molecule has 0 saturated carbocycles. The maximum absolute atomic E-state index is 12.8. The van der Waals surface area contributed by atoms with Crippen LogP contribution >= 0.6 is 23.4 Å². The van der Waals surface area contributed by atoms with Gasteiger partial charge in [0.1, 0.15) is 11.6 Å². The highest BCUT2D eigenvalue weighted by atomic mass is 35.5. The number of sulfone groups is 1. The molecule has 7 nitrogen and oxygen atoms in total. The third-order valence-corrected chi connectivity index (χ3v) is 7.87. The molecule has 1 heterocycles. The van der Waals surface area contributed by atoms with E-state index in [1.165, 1.54) is 11.8 Å². The summed E-state index contributed by atoms with van der Waals surface area (Å²) in [5, 5.41) is 11.5. The Labute approximate surface area is 196 Å². The van der Waals surface area contributed by atoms with E-state index in [2.05, 4.69) is 22.1 Å². The van der Waals surface area contributed by atoms with Crippen LogP contribution < -0.4 is 5.32 Å². The molecule has 0 aliphatic rings. The SMILES string of the molecule is C=CCn1c(CS(=O)(=O)c2ccccc2)nnc1SC(CC)C(=O)Nc1ccccc1Cl. The van der Waals surface area contributed by atoms with Crippen LogP contribution in [0, 0.1) is 0 Å². The van der Waals surface area contributed by atoms with E-state index in [1.807, 2.05) is 6.92 Å². The Hall–Kier alpha value is -2.62. The van der Waals surface area contributed by atoms with Crippen LogP contribution in [-0.2, 0) is 26.9 Å². The van der Waals surface area contributed by atoms with E-state index < -0.39 is 15.1 Å². The molecular weight excluding hydrogens is 468 g/mol. The second kappa shape index (κ2) is 10.8. The topological polar surface area (TPSA) is 93.9 Å². The molecule has 2 aromatic carbocycles. The van der Waals surface area contributed by atoms with Crippen molar-refractivity contribution in [3.63, 3.8) is 0 Å². The lowest BCUT2D eigenvalue weighted by Crippen LogP contribution is -2.25. The quantitative estimate of drug-likeness (QED) is 0.329. The van der Waals surface area contributed by atoms with Gasteiger partial charge in [-0.2, -0.15) is 0 Å². The minimum Gasteiger partial charge on any atom is -0.324 e. The summed E-state index contributed by atoms with van der Waals surface area (Å²) in [6, 6.07) is 15.2. The van der Waals surface area contributed by atoms with Gasteiger partial charge in [0, 0.05) is 6.54 Å². The molecule has 168 valence electrons. The molecule has 0 bridgehead atoms. The second-order valence-electron chi connectivity index (χ2n) is 6.85. The summed E-state index contributed by atoms with van der Waals surface area (Å²) in [6.07, 6.45) is 2.16. The van der Waals surface area contributed by atoms with Crippen LogP contribution in [0.5, 0.6) is 0 Å². The number of hydrogen-bond acceptors (Lipinski definition) is 6. The lowest BCUT2D eigenvalue weighted by Gasteiger charge is -2.15. The Morgan fingerprint density at radius 2 is 1.88 bits per heavy atom. The highest BCUT2D eigenvalue weighted by Gasteiger charge is 2.25. The van der Waals surface area contributed by atoms with Crippen molar-refractivity contribution >= 4 is 44.8 Å². The Morgan fingerprint density at radius 3 is 2.53 bits per heavy atom. The zero-order chi connectivity index (χ0) is 23.1. The first kappa shape index (κ1) is 24.0. The lowest BCUT2D eigenvalue weighted by atomic mass is 10.2. The Kier molecular flexibility index (Phi) is 8.11. The first-order valence-electron chi connectivity index (χ1n) is 9.88. The van der Waals surface area contributed by atoms with Crippen molar-refractivity contribution in [3.8, 4) is 0 Å². The van der Waals surface area contributed by atoms with E-state index in [0.717, 1.165) is 0 Å². The van der Waals surface area contributed by atoms with Gasteiger partial charge in [-0.3, -0.25) is 4.79 Å². The molecule has 10 heteroatoms. The van der Waals surface area contributed by atoms with Crippen molar-refractivity contribution < 1.29 is 13.2 Å².